The lowest BCUT2D eigenvalue weighted by Crippen LogP contribution is -2.39. The van der Waals surface area contributed by atoms with Crippen LogP contribution in [0.3, 0.4) is 0 Å². The fraction of sp³-hybridized carbons (Fsp3) is 0.462. The Balaban J connectivity index is 2.41. The molecule has 1 unspecified atom stereocenters. The number of hydrogen-bond acceptors (Lipinski definition) is 4. The third kappa shape index (κ3) is 5.68. The number of rotatable bonds is 8. The smallest absolute Gasteiger partial charge is 0.335 e. The van der Waals surface area contributed by atoms with Gasteiger partial charge in [0.1, 0.15) is 0 Å². The first-order valence-electron chi connectivity index (χ1n) is 6.37. The zero-order chi connectivity index (χ0) is 15.2. The van der Waals surface area contributed by atoms with Gasteiger partial charge in [-0.3, -0.25) is 0 Å². The summed E-state index contributed by atoms with van der Waals surface area (Å²) in [4.78, 5) is 10.7. The lowest BCUT2D eigenvalue weighted by molar-refractivity contribution is 0.0697. The van der Waals surface area contributed by atoms with E-state index in [9.17, 15) is 13.2 Å². The van der Waals surface area contributed by atoms with E-state index >= 15 is 0 Å². The summed E-state index contributed by atoms with van der Waals surface area (Å²) in [6.07, 6.45) is 0. The van der Waals surface area contributed by atoms with Crippen LogP contribution in [0.2, 0.25) is 0 Å². The lowest BCUT2D eigenvalue weighted by atomic mass is 10.1. The van der Waals surface area contributed by atoms with E-state index in [1.165, 1.54) is 0 Å². The van der Waals surface area contributed by atoms with Gasteiger partial charge in [0.15, 0.2) is 0 Å². The average molecular weight is 300 g/mol. The van der Waals surface area contributed by atoms with Crippen LogP contribution in [-0.4, -0.2) is 37.8 Å². The molecule has 0 aliphatic carbocycles. The van der Waals surface area contributed by atoms with Crippen molar-refractivity contribution in [2.24, 2.45) is 0 Å². The number of nitrogens with one attached hydrogen (secondary N) is 2. The van der Waals surface area contributed by atoms with Crippen molar-refractivity contribution in [3.05, 3.63) is 35.4 Å². The summed E-state index contributed by atoms with van der Waals surface area (Å²) in [5, 5.41) is 12.0. The van der Waals surface area contributed by atoms with Crippen LogP contribution in [0, 0.1) is 0 Å². The predicted molar refractivity (Wildman–Crippen MR) is 77.2 cm³/mol. The highest BCUT2D eigenvalue weighted by Crippen LogP contribution is 2.04. The molecule has 7 heteroatoms. The molecule has 1 aromatic rings. The number of carboxylic acids is 1. The Bertz CT molecular complexity index is 540. The van der Waals surface area contributed by atoms with Crippen molar-refractivity contribution in [1.29, 1.82) is 0 Å². The van der Waals surface area contributed by atoms with Crippen molar-refractivity contribution in [2.75, 3.05) is 12.3 Å². The van der Waals surface area contributed by atoms with Gasteiger partial charge >= 0.3 is 5.97 Å². The van der Waals surface area contributed by atoms with Crippen LogP contribution in [0.5, 0.6) is 0 Å². The Morgan fingerprint density at radius 2 is 1.90 bits per heavy atom. The minimum absolute atomic E-state index is 0.0181. The number of carboxylic acid groups (broad SMARTS) is 1. The average Bonchev–Trinajstić information content (AvgIpc) is 2.43. The largest absolute Gasteiger partial charge is 0.478 e. The maximum atomic E-state index is 11.3. The molecule has 3 N–H and O–H groups in total. The van der Waals surface area contributed by atoms with Crippen molar-refractivity contribution in [2.45, 2.75) is 26.4 Å². The molecule has 0 aliphatic heterocycles. The van der Waals surface area contributed by atoms with Gasteiger partial charge in [0.25, 0.3) is 0 Å². The van der Waals surface area contributed by atoms with Crippen LogP contribution in [-0.2, 0) is 16.6 Å². The minimum Gasteiger partial charge on any atom is -0.478 e. The van der Waals surface area contributed by atoms with Gasteiger partial charge in [0.2, 0.25) is 10.0 Å². The maximum Gasteiger partial charge on any atom is 0.335 e. The highest BCUT2D eigenvalue weighted by Gasteiger charge is 2.09. The van der Waals surface area contributed by atoms with Crippen LogP contribution in [0.15, 0.2) is 24.3 Å². The summed E-state index contributed by atoms with van der Waals surface area (Å²) in [5.74, 6) is -0.886. The predicted octanol–water partition coefficient (Wildman–Crippen LogP) is 0.802. The number of aromatic carboxylic acids is 1. The molecule has 0 aromatic heterocycles. The molecule has 112 valence electrons. The molecule has 1 rings (SSSR count). The molecule has 0 amide bonds. The van der Waals surface area contributed by atoms with Gasteiger partial charge in [-0.25, -0.2) is 17.9 Å². The quantitative estimate of drug-likeness (QED) is 0.660. The monoisotopic (exact) mass is 300 g/mol. The summed E-state index contributed by atoms with van der Waals surface area (Å²) in [7, 11) is -3.17. The molecule has 1 aromatic carbocycles. The molecule has 0 radical (unpaired) electrons. The minimum atomic E-state index is -3.17. The second-order valence-electron chi connectivity index (χ2n) is 4.54. The fourth-order valence-corrected chi connectivity index (χ4v) is 2.19. The van der Waals surface area contributed by atoms with Gasteiger partial charge in [-0.1, -0.05) is 12.1 Å². The molecule has 0 bridgehead atoms. The Labute approximate surface area is 119 Å². The maximum absolute atomic E-state index is 11.3. The SMILES string of the molecule is CCS(=O)(=O)NCC(C)NCc1ccc(C(=O)O)cc1. The lowest BCUT2D eigenvalue weighted by Gasteiger charge is -2.14. The van der Waals surface area contributed by atoms with Gasteiger partial charge in [-0.15, -0.1) is 0 Å². The third-order valence-corrected chi connectivity index (χ3v) is 4.21. The molecule has 0 fully saturated rings. The van der Waals surface area contributed by atoms with Gasteiger partial charge in [0, 0.05) is 19.1 Å². The van der Waals surface area contributed by atoms with Crippen LogP contribution < -0.4 is 10.0 Å². The van der Waals surface area contributed by atoms with Crippen LogP contribution in [0.25, 0.3) is 0 Å². The van der Waals surface area contributed by atoms with Gasteiger partial charge in [0.05, 0.1) is 11.3 Å². The van der Waals surface area contributed by atoms with Crippen molar-refractivity contribution in [3.63, 3.8) is 0 Å². The number of sulfonamides is 1. The summed E-state index contributed by atoms with van der Waals surface area (Å²) in [6, 6.07) is 6.54. The Morgan fingerprint density at radius 1 is 1.30 bits per heavy atom. The molecular weight excluding hydrogens is 280 g/mol. The Kier molecular flexibility index (Phi) is 6.12. The van der Waals surface area contributed by atoms with E-state index in [2.05, 4.69) is 10.0 Å². The van der Waals surface area contributed by atoms with Gasteiger partial charge in [-0.2, -0.15) is 0 Å². The fourth-order valence-electron chi connectivity index (χ4n) is 1.48. The number of hydrogen-bond donors (Lipinski definition) is 3. The van der Waals surface area contributed by atoms with Crippen LogP contribution in [0.4, 0.5) is 0 Å². The third-order valence-electron chi connectivity index (χ3n) is 2.85. The zero-order valence-electron chi connectivity index (χ0n) is 11.6. The zero-order valence-corrected chi connectivity index (χ0v) is 12.4. The first kappa shape index (κ1) is 16.6. The molecule has 1 atom stereocenters. The normalized spacial score (nSPS) is 13.1. The topological polar surface area (TPSA) is 95.5 Å². The molecule has 0 aliphatic rings. The number of carbonyl (C=O) groups is 1. The molecule has 0 heterocycles. The first-order valence-corrected chi connectivity index (χ1v) is 8.02. The highest BCUT2D eigenvalue weighted by atomic mass is 32.2. The standard InChI is InChI=1S/C13H20N2O4S/c1-3-20(18,19)15-8-10(2)14-9-11-4-6-12(7-5-11)13(16)17/h4-7,10,14-15H,3,8-9H2,1-2H3,(H,16,17). The molecule has 6 nitrogen and oxygen atoms in total. The second-order valence-corrected chi connectivity index (χ2v) is 6.63. The molecular formula is C13H20N2O4S. The van der Waals surface area contributed by atoms with Crippen molar-refractivity contribution >= 4 is 16.0 Å². The summed E-state index contributed by atoms with van der Waals surface area (Å²) >= 11 is 0. The first-order chi connectivity index (χ1) is 9.34. The van der Waals surface area contributed by atoms with E-state index in [1.54, 1.807) is 31.2 Å². The highest BCUT2D eigenvalue weighted by molar-refractivity contribution is 7.89. The van der Waals surface area contributed by atoms with E-state index < -0.39 is 16.0 Å². The van der Waals surface area contributed by atoms with Gasteiger partial charge in [-0.05, 0) is 31.5 Å². The second kappa shape index (κ2) is 7.37. The molecule has 0 saturated carbocycles. The molecule has 0 saturated heterocycles. The number of benzene rings is 1. The van der Waals surface area contributed by atoms with Crippen molar-refractivity contribution < 1.29 is 18.3 Å². The van der Waals surface area contributed by atoms with Crippen molar-refractivity contribution in [1.82, 2.24) is 10.0 Å². The van der Waals surface area contributed by atoms with E-state index in [1.807, 2.05) is 6.92 Å². The molecule has 20 heavy (non-hydrogen) atoms. The van der Waals surface area contributed by atoms with Crippen molar-refractivity contribution in [3.8, 4) is 0 Å². The summed E-state index contributed by atoms with van der Waals surface area (Å²) < 4.78 is 25.1. The van der Waals surface area contributed by atoms with Gasteiger partial charge < -0.3 is 10.4 Å². The Hall–Kier alpha value is -1.44. The van der Waals surface area contributed by atoms with E-state index in [-0.39, 0.29) is 17.4 Å². The van der Waals surface area contributed by atoms with Crippen LogP contribution >= 0.6 is 0 Å². The summed E-state index contributed by atoms with van der Waals surface area (Å²) in [6.45, 7) is 4.34. The molecule has 0 spiro atoms. The van der Waals surface area contributed by atoms with E-state index in [0.29, 0.717) is 13.1 Å². The van der Waals surface area contributed by atoms with E-state index in [0.717, 1.165) is 5.56 Å². The Morgan fingerprint density at radius 3 is 2.40 bits per heavy atom. The van der Waals surface area contributed by atoms with Crippen LogP contribution in [0.1, 0.15) is 29.8 Å². The van der Waals surface area contributed by atoms with E-state index in [4.69, 9.17) is 5.11 Å². The summed E-state index contributed by atoms with van der Waals surface area (Å²) in [5.41, 5.74) is 1.19.